The Morgan fingerprint density at radius 2 is 1.74 bits per heavy atom. The Labute approximate surface area is 161 Å². The summed E-state index contributed by atoms with van der Waals surface area (Å²) in [6, 6.07) is 8.18. The van der Waals surface area contributed by atoms with Gasteiger partial charge in [0.05, 0.1) is 0 Å². The molecule has 0 spiro atoms. The van der Waals surface area contributed by atoms with Gasteiger partial charge in [-0.05, 0) is 68.9 Å². The number of rotatable bonds is 3. The Balaban J connectivity index is 1.47. The van der Waals surface area contributed by atoms with Gasteiger partial charge in [-0.1, -0.05) is 12.8 Å². The molecule has 5 heteroatoms. The van der Waals surface area contributed by atoms with Crippen LogP contribution in [0.1, 0.15) is 51.9 Å². The first kappa shape index (κ1) is 18.1. The van der Waals surface area contributed by atoms with E-state index in [2.05, 4.69) is 27.7 Å². The first-order valence-electron chi connectivity index (χ1n) is 10.3. The van der Waals surface area contributed by atoms with Gasteiger partial charge in [0.15, 0.2) is 0 Å². The maximum absolute atomic E-state index is 12.8. The lowest BCUT2D eigenvalue weighted by atomic mass is 9.76. The summed E-state index contributed by atoms with van der Waals surface area (Å²) < 4.78 is 0. The molecular weight excluding hydrogens is 338 g/mol. The number of piperidine rings is 1. The Morgan fingerprint density at radius 1 is 1.04 bits per heavy atom. The van der Waals surface area contributed by atoms with Crippen LogP contribution in [0.3, 0.4) is 0 Å². The maximum Gasteiger partial charge on any atom is 0.261 e. The van der Waals surface area contributed by atoms with E-state index in [0.717, 1.165) is 43.6 Å². The zero-order valence-corrected chi connectivity index (χ0v) is 16.1. The number of hydrogen-bond donors (Lipinski definition) is 2. The highest BCUT2D eigenvalue weighted by Crippen LogP contribution is 2.35. The van der Waals surface area contributed by atoms with Crippen molar-refractivity contribution < 1.29 is 9.59 Å². The summed E-state index contributed by atoms with van der Waals surface area (Å²) in [4.78, 5) is 27.7. The SMILES string of the molecule is CC1=C(C(=O)Nc2ccc(N3CCCCC3)cc2)C(=O)NC2CCCCC12. The summed E-state index contributed by atoms with van der Waals surface area (Å²) in [6.07, 6.45) is 8.18. The third-order valence-corrected chi connectivity index (χ3v) is 6.33. The molecule has 1 aromatic rings. The molecule has 1 aromatic carbocycles. The van der Waals surface area contributed by atoms with E-state index in [4.69, 9.17) is 0 Å². The number of hydrogen-bond acceptors (Lipinski definition) is 3. The van der Waals surface area contributed by atoms with Gasteiger partial charge in [0.2, 0.25) is 0 Å². The van der Waals surface area contributed by atoms with Crippen molar-refractivity contribution in [3.63, 3.8) is 0 Å². The van der Waals surface area contributed by atoms with Crippen LogP contribution in [0.2, 0.25) is 0 Å². The van der Waals surface area contributed by atoms with Crippen molar-refractivity contribution in [2.24, 2.45) is 5.92 Å². The highest BCUT2D eigenvalue weighted by atomic mass is 16.2. The molecule has 1 saturated heterocycles. The first-order chi connectivity index (χ1) is 13.1. The molecule has 2 aliphatic heterocycles. The Kier molecular flexibility index (Phi) is 5.19. The Hall–Kier alpha value is -2.30. The molecule has 144 valence electrons. The normalized spacial score (nSPS) is 25.7. The van der Waals surface area contributed by atoms with Crippen LogP contribution in [0.4, 0.5) is 11.4 Å². The predicted molar refractivity (Wildman–Crippen MR) is 108 cm³/mol. The second kappa shape index (κ2) is 7.75. The number of benzene rings is 1. The molecule has 1 aliphatic carbocycles. The number of amides is 2. The maximum atomic E-state index is 12.8. The monoisotopic (exact) mass is 367 g/mol. The molecule has 2 heterocycles. The van der Waals surface area contributed by atoms with E-state index in [-0.39, 0.29) is 17.9 Å². The fourth-order valence-corrected chi connectivity index (χ4v) is 4.81. The molecule has 2 fully saturated rings. The van der Waals surface area contributed by atoms with Crippen LogP contribution < -0.4 is 15.5 Å². The van der Waals surface area contributed by atoms with E-state index in [1.165, 1.54) is 31.4 Å². The summed E-state index contributed by atoms with van der Waals surface area (Å²) >= 11 is 0. The standard InChI is InChI=1S/C22H29N3O2/c1-15-18-7-3-4-8-19(18)24-22(27)20(15)21(26)23-16-9-11-17(12-10-16)25-13-5-2-6-14-25/h9-12,18-19H,2-8,13-14H2,1H3,(H,23,26)(H,24,27). The summed E-state index contributed by atoms with van der Waals surface area (Å²) in [5, 5.41) is 5.98. The molecule has 5 nitrogen and oxygen atoms in total. The van der Waals surface area contributed by atoms with Gasteiger partial charge in [-0.3, -0.25) is 9.59 Å². The number of nitrogens with zero attached hydrogens (tertiary/aromatic N) is 1. The topological polar surface area (TPSA) is 61.4 Å². The van der Waals surface area contributed by atoms with Gasteiger partial charge in [0.25, 0.3) is 11.8 Å². The minimum absolute atomic E-state index is 0.201. The molecule has 0 aromatic heterocycles. The van der Waals surface area contributed by atoms with Crippen molar-refractivity contribution in [3.05, 3.63) is 35.4 Å². The van der Waals surface area contributed by atoms with Crippen molar-refractivity contribution in [1.29, 1.82) is 0 Å². The predicted octanol–water partition coefficient (Wildman–Crippen LogP) is 3.62. The van der Waals surface area contributed by atoms with Gasteiger partial charge in [0.1, 0.15) is 5.57 Å². The minimum Gasteiger partial charge on any atom is -0.372 e. The smallest absolute Gasteiger partial charge is 0.261 e. The highest BCUT2D eigenvalue weighted by Gasteiger charge is 2.37. The summed E-state index contributed by atoms with van der Waals surface area (Å²) in [5.74, 6) is -0.212. The molecule has 2 amide bonds. The van der Waals surface area contributed by atoms with Crippen molar-refractivity contribution in [1.82, 2.24) is 5.32 Å². The molecule has 0 bridgehead atoms. The lowest BCUT2D eigenvalue weighted by Crippen LogP contribution is -2.49. The molecular formula is C22H29N3O2. The zero-order valence-electron chi connectivity index (χ0n) is 16.1. The molecule has 27 heavy (non-hydrogen) atoms. The van der Waals surface area contributed by atoms with Crippen molar-refractivity contribution in [3.8, 4) is 0 Å². The van der Waals surface area contributed by atoms with Gasteiger partial charge >= 0.3 is 0 Å². The number of carbonyl (C=O) groups excluding carboxylic acids is 2. The number of carbonyl (C=O) groups is 2. The second-order valence-corrected chi connectivity index (χ2v) is 8.08. The lowest BCUT2D eigenvalue weighted by Gasteiger charge is -2.37. The van der Waals surface area contributed by atoms with E-state index >= 15 is 0 Å². The van der Waals surface area contributed by atoms with Gasteiger partial charge in [-0.15, -0.1) is 0 Å². The first-order valence-corrected chi connectivity index (χ1v) is 10.3. The summed E-state index contributed by atoms with van der Waals surface area (Å²) in [5.41, 5.74) is 3.19. The van der Waals surface area contributed by atoms with Gasteiger partial charge in [-0.25, -0.2) is 0 Å². The van der Waals surface area contributed by atoms with E-state index in [1.54, 1.807) is 0 Å². The van der Waals surface area contributed by atoms with Crippen LogP contribution >= 0.6 is 0 Å². The van der Waals surface area contributed by atoms with Gasteiger partial charge < -0.3 is 15.5 Å². The summed E-state index contributed by atoms with van der Waals surface area (Å²) in [6.45, 7) is 4.15. The Morgan fingerprint density at radius 3 is 2.48 bits per heavy atom. The third-order valence-electron chi connectivity index (χ3n) is 6.33. The van der Waals surface area contributed by atoms with Crippen molar-refractivity contribution >= 4 is 23.2 Å². The largest absolute Gasteiger partial charge is 0.372 e. The minimum atomic E-state index is -0.292. The molecule has 2 atom stereocenters. The average molecular weight is 367 g/mol. The van der Waals surface area contributed by atoms with Gasteiger partial charge in [0, 0.05) is 36.4 Å². The van der Waals surface area contributed by atoms with Crippen molar-refractivity contribution in [2.45, 2.75) is 57.9 Å². The number of fused-ring (bicyclic) bond motifs is 1. The Bertz CT molecular complexity index is 747. The van der Waals surface area contributed by atoms with Crippen molar-refractivity contribution in [2.75, 3.05) is 23.3 Å². The van der Waals surface area contributed by atoms with Crippen LogP contribution in [0, 0.1) is 5.92 Å². The van der Waals surface area contributed by atoms with Crippen LogP contribution in [-0.4, -0.2) is 30.9 Å². The average Bonchev–Trinajstić information content (AvgIpc) is 2.69. The molecule has 4 rings (SSSR count). The molecule has 2 unspecified atom stereocenters. The number of nitrogens with one attached hydrogen (secondary N) is 2. The van der Waals surface area contributed by atoms with E-state index in [0.29, 0.717) is 11.5 Å². The van der Waals surface area contributed by atoms with E-state index in [9.17, 15) is 9.59 Å². The fourth-order valence-electron chi connectivity index (χ4n) is 4.81. The zero-order chi connectivity index (χ0) is 18.8. The molecule has 3 aliphatic rings. The van der Waals surface area contributed by atoms with Gasteiger partial charge in [-0.2, -0.15) is 0 Å². The van der Waals surface area contributed by atoms with Crippen LogP contribution in [-0.2, 0) is 9.59 Å². The summed E-state index contributed by atoms with van der Waals surface area (Å²) in [7, 11) is 0. The molecule has 1 saturated carbocycles. The number of anilines is 2. The lowest BCUT2D eigenvalue weighted by molar-refractivity contribution is -0.123. The highest BCUT2D eigenvalue weighted by molar-refractivity contribution is 6.23. The van der Waals surface area contributed by atoms with Crippen LogP contribution in [0.15, 0.2) is 35.4 Å². The molecule has 2 N–H and O–H groups in total. The van der Waals surface area contributed by atoms with E-state index < -0.39 is 0 Å². The third kappa shape index (κ3) is 3.73. The molecule has 0 radical (unpaired) electrons. The van der Waals surface area contributed by atoms with E-state index in [1.807, 2.05) is 19.1 Å². The van der Waals surface area contributed by atoms with Crippen LogP contribution in [0.5, 0.6) is 0 Å². The quantitative estimate of drug-likeness (QED) is 0.802. The van der Waals surface area contributed by atoms with Crippen LogP contribution in [0.25, 0.3) is 0 Å². The fraction of sp³-hybridized carbons (Fsp3) is 0.545. The second-order valence-electron chi connectivity index (χ2n) is 8.08.